The maximum atomic E-state index is 15.8. The molecule has 2 N–H and O–H groups in total. The number of Topliss-reactive ketones (excluding diaryl/α,β-unsaturated/α-hetero) is 1. The van der Waals surface area contributed by atoms with Gasteiger partial charge in [0.05, 0.1) is 19.3 Å². The van der Waals surface area contributed by atoms with Crippen LogP contribution in [0.5, 0.6) is 0 Å². The Balaban J connectivity index is 1.28. The average Bonchev–Trinajstić information content (AvgIpc) is 3.63. The standard InChI is InChI=1S/C37H53FN6O6/c1-5-30-35(42-50-41-30)36(47)40-34(25-9-7-23(3)8-10-25)31(45)22-27-12-11-26(21-29(27)38)24(4)33(39-32(46)6-2)37(48)44-15-13-28(14-16-44)43-17-19-49-20-18-43/h11-12,21,23-25,28,33-34H,5-10,13-20,22H2,1-4H3,(H,39,46)(H,40,47)/t23?,24-,25?,33+,34-/m0/s1. The van der Waals surface area contributed by atoms with Gasteiger partial charge in [0.1, 0.15) is 17.6 Å². The Hall–Kier alpha value is -3.71. The van der Waals surface area contributed by atoms with Gasteiger partial charge >= 0.3 is 0 Å². The number of carbonyl (C=O) groups excluding carboxylic acids is 4. The summed E-state index contributed by atoms with van der Waals surface area (Å²) < 4.78 is 26.1. The summed E-state index contributed by atoms with van der Waals surface area (Å²) in [6, 6.07) is 3.39. The summed E-state index contributed by atoms with van der Waals surface area (Å²) in [5, 5.41) is 13.3. The van der Waals surface area contributed by atoms with Gasteiger partial charge in [-0.05, 0) is 66.3 Å². The van der Waals surface area contributed by atoms with Crippen LogP contribution >= 0.6 is 0 Å². The van der Waals surface area contributed by atoms with Crippen LogP contribution in [-0.2, 0) is 32.0 Å². The van der Waals surface area contributed by atoms with Crippen molar-refractivity contribution in [3.05, 3.63) is 46.5 Å². The molecule has 0 spiro atoms. The zero-order valence-electron chi connectivity index (χ0n) is 29.9. The van der Waals surface area contributed by atoms with E-state index in [4.69, 9.17) is 9.37 Å². The van der Waals surface area contributed by atoms with Gasteiger partial charge in [0.25, 0.3) is 5.91 Å². The van der Waals surface area contributed by atoms with Crippen molar-refractivity contribution in [3.8, 4) is 0 Å². The Morgan fingerprint density at radius 1 is 0.960 bits per heavy atom. The van der Waals surface area contributed by atoms with E-state index in [1.165, 1.54) is 6.07 Å². The van der Waals surface area contributed by atoms with Crippen molar-refractivity contribution in [1.29, 1.82) is 0 Å². The van der Waals surface area contributed by atoms with Gasteiger partial charge in [0.15, 0.2) is 11.5 Å². The molecule has 3 atom stereocenters. The number of benzene rings is 1. The van der Waals surface area contributed by atoms with Crippen LogP contribution in [0.1, 0.15) is 106 Å². The Bertz CT molecular complexity index is 1480. The van der Waals surface area contributed by atoms with Gasteiger partial charge in [0, 0.05) is 51.0 Å². The highest BCUT2D eigenvalue weighted by molar-refractivity contribution is 5.97. The zero-order valence-corrected chi connectivity index (χ0v) is 29.9. The fourth-order valence-corrected chi connectivity index (χ4v) is 7.65. The minimum Gasteiger partial charge on any atom is -0.379 e. The van der Waals surface area contributed by atoms with Gasteiger partial charge in [-0.25, -0.2) is 9.02 Å². The van der Waals surface area contributed by atoms with Crippen molar-refractivity contribution in [2.24, 2.45) is 11.8 Å². The van der Waals surface area contributed by atoms with E-state index in [0.29, 0.717) is 42.7 Å². The molecule has 3 fully saturated rings. The molecule has 2 aliphatic heterocycles. The number of nitrogens with zero attached hydrogens (tertiary/aromatic N) is 4. The fraction of sp³-hybridized carbons (Fsp3) is 0.676. The average molecular weight is 697 g/mol. The van der Waals surface area contributed by atoms with E-state index in [1.54, 1.807) is 19.1 Å². The van der Waals surface area contributed by atoms with E-state index in [0.717, 1.165) is 64.8 Å². The lowest BCUT2D eigenvalue weighted by atomic mass is 9.77. The molecule has 274 valence electrons. The molecule has 1 aromatic heterocycles. The number of hydrogen-bond acceptors (Lipinski definition) is 9. The molecule has 50 heavy (non-hydrogen) atoms. The maximum Gasteiger partial charge on any atom is 0.276 e. The minimum absolute atomic E-state index is 0.0553. The van der Waals surface area contributed by atoms with E-state index in [1.807, 2.05) is 18.7 Å². The number of ketones is 1. The molecule has 3 heterocycles. The first-order valence-corrected chi connectivity index (χ1v) is 18.4. The molecule has 3 amide bonds. The summed E-state index contributed by atoms with van der Waals surface area (Å²) in [6.07, 6.45) is 5.60. The molecule has 1 aliphatic carbocycles. The molecular weight excluding hydrogens is 643 g/mol. The van der Waals surface area contributed by atoms with Crippen molar-refractivity contribution in [2.75, 3.05) is 39.4 Å². The van der Waals surface area contributed by atoms with Crippen LogP contribution in [0.25, 0.3) is 0 Å². The van der Waals surface area contributed by atoms with Gasteiger partial charge in [-0.3, -0.25) is 24.1 Å². The first-order valence-electron chi connectivity index (χ1n) is 18.4. The molecule has 0 radical (unpaired) electrons. The second-order valence-electron chi connectivity index (χ2n) is 14.3. The Morgan fingerprint density at radius 3 is 2.30 bits per heavy atom. The molecule has 1 saturated carbocycles. The predicted octanol–water partition coefficient (Wildman–Crippen LogP) is 3.83. The highest BCUT2D eigenvalue weighted by Crippen LogP contribution is 2.32. The third-order valence-corrected chi connectivity index (χ3v) is 11.0. The topological polar surface area (TPSA) is 147 Å². The number of halogens is 1. The second kappa shape index (κ2) is 17.5. The lowest BCUT2D eigenvalue weighted by Crippen LogP contribution is -2.55. The molecule has 13 heteroatoms. The van der Waals surface area contributed by atoms with E-state index >= 15 is 4.39 Å². The normalized spacial score (nSPS) is 22.4. The number of likely N-dealkylation sites (tertiary alicyclic amines) is 1. The Kier molecular flexibility index (Phi) is 13.1. The monoisotopic (exact) mass is 696 g/mol. The zero-order chi connectivity index (χ0) is 35.8. The van der Waals surface area contributed by atoms with Crippen LogP contribution in [0.15, 0.2) is 22.8 Å². The lowest BCUT2D eigenvalue weighted by Gasteiger charge is -2.41. The number of aromatic nitrogens is 2. The number of ether oxygens (including phenoxy) is 1. The molecule has 3 aliphatic rings. The molecule has 0 unspecified atom stereocenters. The van der Waals surface area contributed by atoms with Crippen LogP contribution in [0.3, 0.4) is 0 Å². The summed E-state index contributed by atoms with van der Waals surface area (Å²) in [5.41, 5.74) is 1.22. The van der Waals surface area contributed by atoms with E-state index in [-0.39, 0.29) is 47.6 Å². The first kappa shape index (κ1) is 37.5. The van der Waals surface area contributed by atoms with E-state index in [2.05, 4.69) is 32.8 Å². The first-order chi connectivity index (χ1) is 24.1. The SMILES string of the molecule is CCC(=O)N[C@@H](C(=O)N1CCC(N2CCOCC2)CC1)[C@@H](C)c1ccc(CC(=O)[C@@H](NC(=O)c2nonc2CC)C2CCC(C)CC2)c(F)c1. The van der Waals surface area contributed by atoms with Gasteiger partial charge < -0.3 is 20.3 Å². The van der Waals surface area contributed by atoms with Crippen molar-refractivity contribution in [1.82, 2.24) is 30.7 Å². The minimum atomic E-state index is -0.860. The van der Waals surface area contributed by atoms with Crippen LogP contribution in [0.2, 0.25) is 0 Å². The summed E-state index contributed by atoms with van der Waals surface area (Å²) in [6.45, 7) is 12.0. The van der Waals surface area contributed by atoms with Crippen LogP contribution in [0, 0.1) is 17.7 Å². The number of piperidine rings is 1. The number of carbonyl (C=O) groups is 4. The number of rotatable bonds is 13. The van der Waals surface area contributed by atoms with Crippen LogP contribution < -0.4 is 10.6 Å². The summed E-state index contributed by atoms with van der Waals surface area (Å²) in [7, 11) is 0. The predicted molar refractivity (Wildman–Crippen MR) is 184 cm³/mol. The number of aryl methyl sites for hydroxylation is 1. The lowest BCUT2D eigenvalue weighted by molar-refractivity contribution is -0.138. The molecular formula is C37H53FN6O6. The number of amides is 3. The summed E-state index contributed by atoms with van der Waals surface area (Å²) in [5.74, 6) is -1.87. The maximum absolute atomic E-state index is 15.8. The number of nitrogens with one attached hydrogen (secondary N) is 2. The van der Waals surface area contributed by atoms with E-state index in [9.17, 15) is 19.2 Å². The molecule has 5 rings (SSSR count). The van der Waals surface area contributed by atoms with Gasteiger partial charge in [-0.2, -0.15) is 0 Å². The van der Waals surface area contributed by atoms with E-state index < -0.39 is 29.7 Å². The smallest absolute Gasteiger partial charge is 0.276 e. The van der Waals surface area contributed by atoms with Gasteiger partial charge in [0.2, 0.25) is 11.8 Å². The van der Waals surface area contributed by atoms with Crippen LogP contribution in [0.4, 0.5) is 4.39 Å². The highest BCUT2D eigenvalue weighted by Gasteiger charge is 2.36. The second-order valence-corrected chi connectivity index (χ2v) is 14.3. The summed E-state index contributed by atoms with van der Waals surface area (Å²) in [4.78, 5) is 57.8. The van der Waals surface area contributed by atoms with Crippen molar-refractivity contribution < 1.29 is 32.9 Å². The van der Waals surface area contributed by atoms with Gasteiger partial charge in [-0.15, -0.1) is 0 Å². The van der Waals surface area contributed by atoms with Gasteiger partial charge in [-0.1, -0.05) is 57.8 Å². The quantitative estimate of drug-likeness (QED) is 0.319. The van der Waals surface area contributed by atoms with Crippen molar-refractivity contribution in [3.63, 3.8) is 0 Å². The third-order valence-electron chi connectivity index (χ3n) is 11.0. The molecule has 1 aromatic carbocycles. The largest absolute Gasteiger partial charge is 0.379 e. The van der Waals surface area contributed by atoms with Crippen molar-refractivity contribution >= 4 is 23.5 Å². The highest BCUT2D eigenvalue weighted by atomic mass is 19.1. The molecule has 2 aromatic rings. The fourth-order valence-electron chi connectivity index (χ4n) is 7.65. The Labute approximate surface area is 294 Å². The molecule has 0 bridgehead atoms. The summed E-state index contributed by atoms with van der Waals surface area (Å²) >= 11 is 0. The molecule has 12 nitrogen and oxygen atoms in total. The third kappa shape index (κ3) is 9.14. The molecule has 2 saturated heterocycles. The Morgan fingerprint density at radius 2 is 1.66 bits per heavy atom. The van der Waals surface area contributed by atoms with Crippen molar-refractivity contribution in [2.45, 2.75) is 110 Å². The van der Waals surface area contributed by atoms with Crippen LogP contribution in [-0.4, -0.2) is 101 Å². The number of morpholine rings is 1. The number of hydrogen-bond donors (Lipinski definition) is 2.